The number of esters is 1. The maximum atomic E-state index is 11.2. The number of aromatic nitrogens is 1. The number of methoxy groups -OCH3 is 1. The molecule has 1 heterocycles. The van der Waals surface area contributed by atoms with Crippen LogP contribution < -0.4 is 10.5 Å². The normalized spacial score (nSPS) is 12.3. The molecule has 5 heteroatoms. The summed E-state index contributed by atoms with van der Waals surface area (Å²) in [6, 6.07) is 2.93. The van der Waals surface area contributed by atoms with E-state index in [2.05, 4.69) is 9.72 Å². The Kier molecular flexibility index (Phi) is 4.90. The minimum Gasteiger partial charge on any atom is -0.475 e. The Labute approximate surface area is 101 Å². The second kappa shape index (κ2) is 6.20. The molecule has 1 aromatic heterocycles. The lowest BCUT2D eigenvalue weighted by Crippen LogP contribution is -2.33. The van der Waals surface area contributed by atoms with E-state index in [9.17, 15) is 4.79 Å². The summed E-state index contributed by atoms with van der Waals surface area (Å²) in [5.74, 6) is 0.0752. The van der Waals surface area contributed by atoms with Crippen LogP contribution in [0.25, 0.3) is 0 Å². The van der Waals surface area contributed by atoms with Gasteiger partial charge in [-0.25, -0.2) is 4.98 Å². The highest BCUT2D eigenvalue weighted by Gasteiger charge is 2.17. The molecule has 0 spiro atoms. The second-order valence-corrected chi connectivity index (χ2v) is 3.97. The summed E-state index contributed by atoms with van der Waals surface area (Å²) in [6.45, 7) is 3.83. The second-order valence-electron chi connectivity index (χ2n) is 3.97. The zero-order valence-corrected chi connectivity index (χ0v) is 10.3. The quantitative estimate of drug-likeness (QED) is 0.772. The van der Waals surface area contributed by atoms with E-state index in [4.69, 9.17) is 10.5 Å². The van der Waals surface area contributed by atoms with Crippen molar-refractivity contribution in [3.05, 3.63) is 23.9 Å². The summed E-state index contributed by atoms with van der Waals surface area (Å²) in [6.07, 6.45) is 2.02. The van der Waals surface area contributed by atoms with Crippen molar-refractivity contribution < 1.29 is 14.3 Å². The van der Waals surface area contributed by atoms with Crippen molar-refractivity contribution in [3.8, 4) is 5.88 Å². The minimum atomic E-state index is -0.696. The fourth-order valence-corrected chi connectivity index (χ4v) is 1.38. The van der Waals surface area contributed by atoms with Gasteiger partial charge < -0.3 is 15.2 Å². The minimum absolute atomic E-state index is 0.0259. The Morgan fingerprint density at radius 2 is 2.24 bits per heavy atom. The Hall–Kier alpha value is -1.62. The molecule has 2 N–H and O–H groups in total. The van der Waals surface area contributed by atoms with Crippen molar-refractivity contribution in [1.82, 2.24) is 4.98 Å². The van der Waals surface area contributed by atoms with Crippen molar-refractivity contribution in [2.45, 2.75) is 32.4 Å². The van der Waals surface area contributed by atoms with E-state index in [0.29, 0.717) is 12.3 Å². The van der Waals surface area contributed by atoms with Crippen LogP contribution in [0.4, 0.5) is 0 Å². The van der Waals surface area contributed by atoms with Gasteiger partial charge in [0.1, 0.15) is 6.04 Å². The molecule has 0 amide bonds. The third-order valence-corrected chi connectivity index (χ3v) is 2.14. The topological polar surface area (TPSA) is 74.4 Å². The fraction of sp³-hybridized carbons (Fsp3) is 0.500. The number of nitrogens with two attached hydrogens (primary N) is 1. The van der Waals surface area contributed by atoms with Crippen molar-refractivity contribution >= 4 is 5.97 Å². The van der Waals surface area contributed by atoms with E-state index in [1.54, 1.807) is 12.3 Å². The highest BCUT2D eigenvalue weighted by Crippen LogP contribution is 2.17. The van der Waals surface area contributed by atoms with Gasteiger partial charge in [0.25, 0.3) is 0 Å². The number of hydrogen-bond donors (Lipinski definition) is 1. The third-order valence-electron chi connectivity index (χ3n) is 2.14. The maximum absolute atomic E-state index is 11.2. The first kappa shape index (κ1) is 13.4. The molecule has 0 aromatic carbocycles. The molecule has 0 saturated carbocycles. The molecule has 1 unspecified atom stereocenters. The van der Waals surface area contributed by atoms with Crippen LogP contribution in [0.2, 0.25) is 0 Å². The standard InChI is InChI=1S/C12H18N2O3/c1-8(2)17-11-9(5-4-6-14-11)7-10(13)12(15)16-3/h4-6,8,10H,7,13H2,1-3H3. The molecular weight excluding hydrogens is 220 g/mol. The van der Waals surface area contributed by atoms with E-state index in [1.807, 2.05) is 19.9 Å². The van der Waals surface area contributed by atoms with Gasteiger partial charge in [0.15, 0.2) is 0 Å². The Morgan fingerprint density at radius 3 is 2.82 bits per heavy atom. The summed E-state index contributed by atoms with van der Waals surface area (Å²) in [5, 5.41) is 0. The Bertz CT molecular complexity index is 380. The number of rotatable bonds is 5. The first-order chi connectivity index (χ1) is 8.04. The van der Waals surface area contributed by atoms with Gasteiger partial charge in [-0.3, -0.25) is 4.79 Å². The number of nitrogens with zero attached hydrogens (tertiary/aromatic N) is 1. The first-order valence-corrected chi connectivity index (χ1v) is 5.48. The van der Waals surface area contributed by atoms with Gasteiger partial charge in [0.2, 0.25) is 5.88 Å². The van der Waals surface area contributed by atoms with Crippen LogP contribution >= 0.6 is 0 Å². The lowest BCUT2D eigenvalue weighted by atomic mass is 10.1. The molecule has 17 heavy (non-hydrogen) atoms. The summed E-state index contributed by atoms with van der Waals surface area (Å²) in [4.78, 5) is 15.4. The molecule has 1 atom stereocenters. The zero-order valence-electron chi connectivity index (χ0n) is 10.3. The molecule has 0 aliphatic carbocycles. The molecule has 1 rings (SSSR count). The average Bonchev–Trinajstić information content (AvgIpc) is 2.29. The van der Waals surface area contributed by atoms with Crippen LogP contribution in [0.15, 0.2) is 18.3 Å². The fourth-order valence-electron chi connectivity index (χ4n) is 1.38. The number of hydrogen-bond acceptors (Lipinski definition) is 5. The van der Waals surface area contributed by atoms with Crippen LogP contribution in [-0.4, -0.2) is 30.2 Å². The zero-order chi connectivity index (χ0) is 12.8. The van der Waals surface area contributed by atoms with Crippen LogP contribution in [0.5, 0.6) is 5.88 Å². The molecule has 0 radical (unpaired) electrons. The van der Waals surface area contributed by atoms with Gasteiger partial charge in [0, 0.05) is 18.2 Å². The molecule has 0 saturated heterocycles. The van der Waals surface area contributed by atoms with Gasteiger partial charge >= 0.3 is 5.97 Å². The van der Waals surface area contributed by atoms with Crippen molar-refractivity contribution in [3.63, 3.8) is 0 Å². The van der Waals surface area contributed by atoms with Gasteiger partial charge in [-0.2, -0.15) is 0 Å². The van der Waals surface area contributed by atoms with Gasteiger partial charge in [-0.1, -0.05) is 6.07 Å². The van der Waals surface area contributed by atoms with Crippen molar-refractivity contribution in [2.24, 2.45) is 5.73 Å². The average molecular weight is 238 g/mol. The molecule has 1 aromatic rings. The third kappa shape index (κ3) is 4.03. The Balaban J connectivity index is 2.79. The van der Waals surface area contributed by atoms with Crippen molar-refractivity contribution in [1.29, 1.82) is 0 Å². The molecule has 5 nitrogen and oxygen atoms in total. The Morgan fingerprint density at radius 1 is 1.53 bits per heavy atom. The van der Waals surface area contributed by atoms with Crippen molar-refractivity contribution in [2.75, 3.05) is 7.11 Å². The van der Waals surface area contributed by atoms with E-state index in [-0.39, 0.29) is 6.10 Å². The smallest absolute Gasteiger partial charge is 0.322 e. The molecular formula is C12H18N2O3. The van der Waals surface area contributed by atoms with Crippen LogP contribution in [0, 0.1) is 0 Å². The first-order valence-electron chi connectivity index (χ1n) is 5.48. The largest absolute Gasteiger partial charge is 0.475 e. The maximum Gasteiger partial charge on any atom is 0.322 e. The number of carbonyl (C=O) groups excluding carboxylic acids is 1. The number of pyridine rings is 1. The molecule has 0 bridgehead atoms. The summed E-state index contributed by atoms with van der Waals surface area (Å²) < 4.78 is 10.1. The molecule has 94 valence electrons. The number of carbonyl (C=O) groups is 1. The predicted octanol–water partition coefficient (Wildman–Crippen LogP) is 0.912. The predicted molar refractivity (Wildman–Crippen MR) is 63.7 cm³/mol. The molecule has 0 fully saturated rings. The summed E-state index contributed by atoms with van der Waals surface area (Å²) >= 11 is 0. The van der Waals surface area contributed by atoms with E-state index < -0.39 is 12.0 Å². The van der Waals surface area contributed by atoms with E-state index in [0.717, 1.165) is 5.56 Å². The highest BCUT2D eigenvalue weighted by atomic mass is 16.5. The lowest BCUT2D eigenvalue weighted by molar-refractivity contribution is -0.142. The van der Waals surface area contributed by atoms with E-state index in [1.165, 1.54) is 7.11 Å². The molecule has 0 aliphatic heterocycles. The van der Waals surface area contributed by atoms with Crippen LogP contribution in [0.3, 0.4) is 0 Å². The van der Waals surface area contributed by atoms with E-state index >= 15 is 0 Å². The SMILES string of the molecule is COC(=O)C(N)Cc1cccnc1OC(C)C. The lowest BCUT2D eigenvalue weighted by Gasteiger charge is -2.14. The highest BCUT2D eigenvalue weighted by molar-refractivity contribution is 5.75. The van der Waals surface area contributed by atoms with Gasteiger partial charge in [-0.15, -0.1) is 0 Å². The van der Waals surface area contributed by atoms with Gasteiger partial charge in [-0.05, 0) is 19.9 Å². The monoisotopic (exact) mass is 238 g/mol. The summed E-state index contributed by atoms with van der Waals surface area (Å²) in [7, 11) is 1.32. The van der Waals surface area contributed by atoms with Crippen LogP contribution in [-0.2, 0) is 16.0 Å². The van der Waals surface area contributed by atoms with Crippen LogP contribution in [0.1, 0.15) is 19.4 Å². The summed E-state index contributed by atoms with van der Waals surface area (Å²) in [5.41, 5.74) is 6.51. The number of ether oxygens (including phenoxy) is 2. The molecule has 0 aliphatic rings. The van der Waals surface area contributed by atoms with Gasteiger partial charge in [0.05, 0.1) is 13.2 Å².